The van der Waals surface area contributed by atoms with Gasteiger partial charge in [0.05, 0.1) is 17.7 Å². The summed E-state index contributed by atoms with van der Waals surface area (Å²) >= 11 is 5.97. The van der Waals surface area contributed by atoms with Crippen molar-refractivity contribution in [1.82, 2.24) is 5.32 Å². The number of benzene rings is 2. The minimum Gasteiger partial charge on any atom is -0.497 e. The molecule has 0 heterocycles. The molecule has 0 spiro atoms. The first kappa shape index (κ1) is 25.0. The molecule has 2 rings (SSSR count). The van der Waals surface area contributed by atoms with Crippen LogP contribution in [0.2, 0.25) is 5.02 Å². The number of unbranched alkanes of at least 4 members (excludes halogenated alkanes) is 1. The van der Waals surface area contributed by atoms with Crippen molar-refractivity contribution in [3.63, 3.8) is 0 Å². The van der Waals surface area contributed by atoms with E-state index in [1.54, 1.807) is 36.4 Å². The first-order valence-corrected chi connectivity index (χ1v) is 12.3. The predicted molar refractivity (Wildman–Crippen MR) is 125 cm³/mol. The average Bonchev–Trinajstić information content (AvgIpc) is 2.78. The van der Waals surface area contributed by atoms with Crippen LogP contribution in [-0.4, -0.2) is 34.5 Å². The van der Waals surface area contributed by atoms with Crippen LogP contribution in [0.3, 0.4) is 0 Å². The number of carbonyl (C=O) groups excluding carboxylic acids is 1. The lowest BCUT2D eigenvalue weighted by Crippen LogP contribution is -2.42. The fourth-order valence-corrected chi connectivity index (χ4v) is 4.73. The van der Waals surface area contributed by atoms with Crippen LogP contribution in [0.25, 0.3) is 0 Å². The summed E-state index contributed by atoms with van der Waals surface area (Å²) in [6.07, 6.45) is 4.22. The summed E-state index contributed by atoms with van der Waals surface area (Å²) < 4.78 is 32.9. The smallest absolute Gasteiger partial charge is 0.264 e. The van der Waals surface area contributed by atoms with E-state index in [-0.39, 0.29) is 17.3 Å². The Kier molecular flexibility index (Phi) is 9.65. The van der Waals surface area contributed by atoms with Gasteiger partial charge in [0.2, 0.25) is 5.91 Å². The van der Waals surface area contributed by atoms with E-state index in [9.17, 15) is 13.2 Å². The van der Waals surface area contributed by atoms with Crippen molar-refractivity contribution >= 4 is 33.2 Å². The van der Waals surface area contributed by atoms with Crippen LogP contribution in [0.4, 0.5) is 5.69 Å². The molecule has 0 saturated heterocycles. The molecule has 0 radical (unpaired) electrons. The van der Waals surface area contributed by atoms with Crippen molar-refractivity contribution in [2.75, 3.05) is 24.5 Å². The predicted octanol–water partition coefficient (Wildman–Crippen LogP) is 4.88. The molecule has 1 amide bonds. The number of rotatable bonds is 12. The Bertz CT molecular complexity index is 931. The number of hydrogen-bond acceptors (Lipinski definition) is 4. The third-order valence-electron chi connectivity index (χ3n) is 5.18. The van der Waals surface area contributed by atoms with Crippen LogP contribution in [0.15, 0.2) is 53.4 Å². The Hall–Kier alpha value is -2.25. The minimum absolute atomic E-state index is 0.0745. The Morgan fingerprint density at radius 1 is 1.10 bits per heavy atom. The van der Waals surface area contributed by atoms with E-state index in [0.717, 1.165) is 30.0 Å². The molecule has 0 fully saturated rings. The normalized spacial score (nSPS) is 12.3. The minimum atomic E-state index is -3.97. The topological polar surface area (TPSA) is 75.7 Å². The molecule has 0 saturated carbocycles. The molecule has 0 bridgehead atoms. The first-order chi connectivity index (χ1) is 14.8. The lowest BCUT2D eigenvalue weighted by molar-refractivity contribution is -0.119. The number of carbonyl (C=O) groups is 1. The molecule has 31 heavy (non-hydrogen) atoms. The maximum Gasteiger partial charge on any atom is 0.264 e. The van der Waals surface area contributed by atoms with Crippen molar-refractivity contribution < 1.29 is 17.9 Å². The number of sulfonamides is 1. The Balaban J connectivity index is 2.24. The highest BCUT2D eigenvalue weighted by Gasteiger charge is 2.27. The van der Waals surface area contributed by atoms with Crippen molar-refractivity contribution in [3.8, 4) is 5.75 Å². The highest BCUT2D eigenvalue weighted by Crippen LogP contribution is 2.26. The van der Waals surface area contributed by atoms with Crippen molar-refractivity contribution in [2.45, 2.75) is 44.4 Å². The maximum atomic E-state index is 13.4. The fourth-order valence-electron chi connectivity index (χ4n) is 3.19. The molecule has 2 aromatic rings. The number of nitrogens with one attached hydrogen (secondary N) is 1. The zero-order chi connectivity index (χ0) is 22.9. The van der Waals surface area contributed by atoms with Crippen molar-refractivity contribution in [3.05, 3.63) is 53.6 Å². The Morgan fingerprint density at radius 2 is 1.74 bits per heavy atom. The Labute approximate surface area is 190 Å². The van der Waals surface area contributed by atoms with Gasteiger partial charge >= 0.3 is 0 Å². The molecule has 1 atom stereocenters. The third kappa shape index (κ3) is 7.14. The van der Waals surface area contributed by atoms with Gasteiger partial charge in [-0.1, -0.05) is 44.7 Å². The van der Waals surface area contributed by atoms with Gasteiger partial charge in [0.1, 0.15) is 12.3 Å². The summed E-state index contributed by atoms with van der Waals surface area (Å²) in [6, 6.07) is 12.5. The maximum absolute atomic E-state index is 13.4. The van der Waals surface area contributed by atoms with E-state index in [4.69, 9.17) is 16.3 Å². The highest BCUT2D eigenvalue weighted by atomic mass is 35.5. The van der Waals surface area contributed by atoms with Gasteiger partial charge < -0.3 is 10.1 Å². The molecule has 8 heteroatoms. The van der Waals surface area contributed by atoms with Gasteiger partial charge in [0.25, 0.3) is 10.0 Å². The summed E-state index contributed by atoms with van der Waals surface area (Å²) in [6.45, 7) is 4.45. The second-order valence-electron chi connectivity index (χ2n) is 7.38. The van der Waals surface area contributed by atoms with Gasteiger partial charge in [-0.05, 0) is 60.9 Å². The standard InChI is InChI=1S/C23H31ClN2O4S/c1-4-6-7-18(5-2)16-25-23(27)17-26(20-10-8-19(24)9-11-20)31(28,29)22-14-12-21(30-3)13-15-22/h8-15,18H,4-7,16-17H2,1-3H3,(H,25,27)/t18-/m0/s1. The largest absolute Gasteiger partial charge is 0.497 e. The molecular weight excluding hydrogens is 436 g/mol. The van der Waals surface area contributed by atoms with Crippen LogP contribution in [0.1, 0.15) is 39.5 Å². The van der Waals surface area contributed by atoms with Crippen LogP contribution < -0.4 is 14.4 Å². The lowest BCUT2D eigenvalue weighted by Gasteiger charge is -2.25. The van der Waals surface area contributed by atoms with Gasteiger partial charge in [-0.15, -0.1) is 0 Å². The van der Waals surface area contributed by atoms with Gasteiger partial charge in [-0.25, -0.2) is 8.42 Å². The molecule has 0 unspecified atom stereocenters. The SMILES string of the molecule is CCCC[C@H](CC)CNC(=O)CN(c1ccc(Cl)cc1)S(=O)(=O)c1ccc(OC)cc1. The monoisotopic (exact) mass is 466 g/mol. The van der Waals surface area contributed by atoms with Crippen molar-refractivity contribution in [2.24, 2.45) is 5.92 Å². The summed E-state index contributed by atoms with van der Waals surface area (Å²) in [5.74, 6) is 0.584. The van der Waals surface area contributed by atoms with Gasteiger partial charge in [0, 0.05) is 11.6 Å². The molecule has 0 aliphatic heterocycles. The second kappa shape index (κ2) is 12.0. The van der Waals surface area contributed by atoms with Crippen LogP contribution >= 0.6 is 11.6 Å². The number of methoxy groups -OCH3 is 1. The molecule has 0 aliphatic carbocycles. The van der Waals surface area contributed by atoms with Gasteiger partial charge in [-0.3, -0.25) is 9.10 Å². The zero-order valence-corrected chi connectivity index (χ0v) is 19.9. The van der Waals surface area contributed by atoms with Gasteiger partial charge in [0.15, 0.2) is 0 Å². The number of ether oxygens (including phenoxy) is 1. The lowest BCUT2D eigenvalue weighted by atomic mass is 9.99. The van der Waals surface area contributed by atoms with E-state index >= 15 is 0 Å². The number of amides is 1. The Morgan fingerprint density at radius 3 is 2.29 bits per heavy atom. The van der Waals surface area contributed by atoms with E-state index in [1.165, 1.54) is 19.2 Å². The number of anilines is 1. The van der Waals surface area contributed by atoms with E-state index in [2.05, 4.69) is 19.2 Å². The summed E-state index contributed by atoms with van der Waals surface area (Å²) in [7, 11) is -2.46. The van der Waals surface area contributed by atoms with E-state index in [0.29, 0.717) is 28.9 Å². The number of hydrogen-bond donors (Lipinski definition) is 1. The summed E-state index contributed by atoms with van der Waals surface area (Å²) in [5, 5.41) is 3.39. The second-order valence-corrected chi connectivity index (χ2v) is 9.68. The summed E-state index contributed by atoms with van der Waals surface area (Å²) in [4.78, 5) is 12.8. The molecule has 1 N–H and O–H groups in total. The van der Waals surface area contributed by atoms with E-state index in [1.807, 2.05) is 0 Å². The van der Waals surface area contributed by atoms with E-state index < -0.39 is 10.0 Å². The van der Waals surface area contributed by atoms with Gasteiger partial charge in [-0.2, -0.15) is 0 Å². The zero-order valence-electron chi connectivity index (χ0n) is 18.3. The third-order valence-corrected chi connectivity index (χ3v) is 7.22. The summed E-state index contributed by atoms with van der Waals surface area (Å²) in [5.41, 5.74) is 0.369. The molecule has 0 aliphatic rings. The average molecular weight is 467 g/mol. The molecule has 2 aromatic carbocycles. The first-order valence-electron chi connectivity index (χ1n) is 10.5. The highest BCUT2D eigenvalue weighted by molar-refractivity contribution is 7.92. The molecular formula is C23H31ClN2O4S. The molecule has 0 aromatic heterocycles. The fraction of sp³-hybridized carbons (Fsp3) is 0.435. The molecule has 6 nitrogen and oxygen atoms in total. The molecule has 170 valence electrons. The van der Waals surface area contributed by atoms with Crippen molar-refractivity contribution in [1.29, 1.82) is 0 Å². The number of halogens is 1. The van der Waals surface area contributed by atoms with Crippen LogP contribution in [-0.2, 0) is 14.8 Å². The quantitative estimate of drug-likeness (QED) is 0.483. The van der Waals surface area contributed by atoms with Crippen LogP contribution in [0.5, 0.6) is 5.75 Å². The van der Waals surface area contributed by atoms with Crippen LogP contribution in [0, 0.1) is 5.92 Å². The number of nitrogens with zero attached hydrogens (tertiary/aromatic N) is 1.